The van der Waals surface area contributed by atoms with Crippen LogP contribution in [0.25, 0.3) is 0 Å². The summed E-state index contributed by atoms with van der Waals surface area (Å²) in [4.78, 5) is 84.6. The maximum absolute atomic E-state index is 14.7. The van der Waals surface area contributed by atoms with Crippen LogP contribution in [0, 0.1) is 23.1 Å². The third kappa shape index (κ3) is 7.29. The van der Waals surface area contributed by atoms with E-state index in [1.165, 1.54) is 15.9 Å². The number of sulfonamides is 1. The number of carbonyl (C=O) groups is 4. The molecule has 2 aromatic carbocycles. The maximum Gasteiger partial charge on any atom is 0.410 e. The molecule has 290 valence electrons. The molecule has 0 aromatic heterocycles. The van der Waals surface area contributed by atoms with Crippen LogP contribution in [0.2, 0.25) is 0 Å². The molecule has 3 heterocycles. The van der Waals surface area contributed by atoms with Gasteiger partial charge in [-0.1, -0.05) is 57.9 Å². The number of benzene rings is 1. The van der Waals surface area contributed by atoms with Crippen molar-refractivity contribution in [3.8, 4) is 0 Å². The van der Waals surface area contributed by atoms with Crippen LogP contribution in [0.4, 0.5) is 9.18 Å². The third-order valence-electron chi connectivity index (χ3n) is 12.0. The lowest BCUT2D eigenvalue weighted by Gasteiger charge is -2.30. The highest BCUT2D eigenvalue weighted by Gasteiger charge is 2.61. The molecule has 7 rings (SSSR count). The summed E-state index contributed by atoms with van der Waals surface area (Å²) < 4.78 is 48.3. The van der Waals surface area contributed by atoms with E-state index in [-0.39, 0.29) is 51.2 Å². The van der Waals surface area contributed by atoms with Crippen LogP contribution >= 0.6 is 0 Å². The SMILES string of the molecule is CC(C)(C)c1c(C[C@H]2CCCCC/C=C\[C@@H]3C[C@@]3(C(=O)NS(=O)(=O)C3CC3)CC(=O)[C@@H]3C[C@@H](OC(=O)N4Cc5cccc(F)c5C4)CN3C2=O)c(=O)c1=O. The quantitative estimate of drug-likeness (QED) is 0.337. The number of fused-ring (bicyclic) bond motifs is 3. The average Bonchev–Trinajstić information content (AvgIpc) is 3.99. The number of ketones is 1. The van der Waals surface area contributed by atoms with Crippen molar-refractivity contribution < 1.29 is 36.7 Å². The molecule has 3 fully saturated rings. The van der Waals surface area contributed by atoms with E-state index in [9.17, 15) is 41.6 Å². The molecule has 1 saturated heterocycles. The zero-order valence-electron chi connectivity index (χ0n) is 31.0. The van der Waals surface area contributed by atoms with E-state index in [1.807, 2.05) is 32.9 Å². The molecule has 0 spiro atoms. The highest BCUT2D eigenvalue weighted by molar-refractivity contribution is 7.90. The molecule has 14 heteroatoms. The summed E-state index contributed by atoms with van der Waals surface area (Å²) in [6, 6.07) is 3.53. The minimum Gasteiger partial charge on any atom is -0.444 e. The lowest BCUT2D eigenvalue weighted by Crippen LogP contribution is -2.49. The van der Waals surface area contributed by atoms with Gasteiger partial charge in [-0.3, -0.25) is 33.6 Å². The van der Waals surface area contributed by atoms with Gasteiger partial charge in [0, 0.05) is 42.0 Å². The molecule has 5 aliphatic rings. The van der Waals surface area contributed by atoms with Gasteiger partial charge in [0.25, 0.3) is 0 Å². The first-order valence-corrected chi connectivity index (χ1v) is 20.6. The maximum atomic E-state index is 14.7. The number of hydrogen-bond donors (Lipinski definition) is 1. The topological polar surface area (TPSA) is 164 Å². The molecule has 0 bridgehead atoms. The highest BCUT2D eigenvalue weighted by Crippen LogP contribution is 2.57. The van der Waals surface area contributed by atoms with E-state index >= 15 is 0 Å². The first kappa shape index (κ1) is 38.1. The molecule has 2 aliphatic carbocycles. The molecular formula is C40H48FN3O9S. The second-order valence-electron chi connectivity index (χ2n) is 17.0. The smallest absolute Gasteiger partial charge is 0.410 e. The van der Waals surface area contributed by atoms with Crippen molar-refractivity contribution in [3.05, 3.63) is 78.9 Å². The predicted molar refractivity (Wildman–Crippen MR) is 196 cm³/mol. The number of halogens is 1. The Kier molecular flexibility index (Phi) is 9.97. The summed E-state index contributed by atoms with van der Waals surface area (Å²) >= 11 is 0. The van der Waals surface area contributed by atoms with Gasteiger partial charge in [-0.05, 0) is 67.9 Å². The van der Waals surface area contributed by atoms with Crippen molar-refractivity contribution in [1.29, 1.82) is 0 Å². The molecule has 1 N–H and O–H groups in total. The minimum atomic E-state index is -3.89. The third-order valence-corrected chi connectivity index (χ3v) is 13.8. The molecule has 2 aromatic rings. The van der Waals surface area contributed by atoms with E-state index in [0.717, 1.165) is 12.8 Å². The van der Waals surface area contributed by atoms with E-state index < -0.39 is 84.5 Å². The molecule has 12 nitrogen and oxygen atoms in total. The molecule has 3 aliphatic heterocycles. The van der Waals surface area contributed by atoms with Gasteiger partial charge in [0.2, 0.25) is 32.7 Å². The number of amides is 3. The van der Waals surface area contributed by atoms with Crippen LogP contribution in [-0.2, 0) is 54.1 Å². The zero-order valence-corrected chi connectivity index (χ0v) is 31.8. The van der Waals surface area contributed by atoms with Gasteiger partial charge in [0.1, 0.15) is 11.9 Å². The van der Waals surface area contributed by atoms with Gasteiger partial charge in [0.15, 0.2) is 5.78 Å². The van der Waals surface area contributed by atoms with Crippen molar-refractivity contribution in [2.45, 2.75) is 127 Å². The van der Waals surface area contributed by atoms with Crippen molar-refractivity contribution in [2.75, 3.05) is 6.54 Å². The second-order valence-corrected chi connectivity index (χ2v) is 19.0. The molecule has 3 amide bonds. The summed E-state index contributed by atoms with van der Waals surface area (Å²) in [6.07, 6.45) is 6.38. The minimum absolute atomic E-state index is 0.00884. The number of nitrogens with zero attached hydrogens (tertiary/aromatic N) is 2. The lowest BCUT2D eigenvalue weighted by molar-refractivity contribution is -0.142. The Labute approximate surface area is 314 Å². The highest BCUT2D eigenvalue weighted by atomic mass is 32.2. The van der Waals surface area contributed by atoms with Crippen LogP contribution < -0.4 is 15.6 Å². The molecule has 54 heavy (non-hydrogen) atoms. The predicted octanol–water partition coefficient (Wildman–Crippen LogP) is 4.09. The Morgan fingerprint density at radius 3 is 2.48 bits per heavy atom. The van der Waals surface area contributed by atoms with Gasteiger partial charge < -0.3 is 9.64 Å². The van der Waals surface area contributed by atoms with Crippen LogP contribution in [0.1, 0.15) is 107 Å². The monoisotopic (exact) mass is 765 g/mol. The van der Waals surface area contributed by atoms with Crippen LogP contribution in [-0.4, -0.2) is 65.8 Å². The average molecular weight is 766 g/mol. The Hall–Kier alpha value is -4.20. The molecule has 0 unspecified atom stereocenters. The molecule has 2 saturated carbocycles. The number of ether oxygens (including phenoxy) is 1. The summed E-state index contributed by atoms with van der Waals surface area (Å²) in [6.45, 7) is 5.55. The summed E-state index contributed by atoms with van der Waals surface area (Å²) in [5, 5.41) is -0.634. The van der Waals surface area contributed by atoms with Gasteiger partial charge in [-0.15, -0.1) is 0 Å². The van der Waals surface area contributed by atoms with Crippen LogP contribution in [0.3, 0.4) is 0 Å². The van der Waals surface area contributed by atoms with E-state index in [2.05, 4.69) is 4.72 Å². The first-order chi connectivity index (χ1) is 25.5. The van der Waals surface area contributed by atoms with Crippen molar-refractivity contribution >= 4 is 33.7 Å². The summed E-state index contributed by atoms with van der Waals surface area (Å²) in [5.74, 6) is -3.13. The number of hydrogen-bond acceptors (Lipinski definition) is 9. The zero-order chi connectivity index (χ0) is 38.7. The Morgan fingerprint density at radius 1 is 1.02 bits per heavy atom. The first-order valence-electron chi connectivity index (χ1n) is 19.1. The van der Waals surface area contributed by atoms with Gasteiger partial charge >= 0.3 is 6.09 Å². The van der Waals surface area contributed by atoms with Crippen LogP contribution in [0.5, 0.6) is 0 Å². The fourth-order valence-corrected chi connectivity index (χ4v) is 10.1. The van der Waals surface area contributed by atoms with Gasteiger partial charge in [-0.2, -0.15) is 0 Å². The number of carbonyl (C=O) groups excluding carboxylic acids is 4. The van der Waals surface area contributed by atoms with Crippen molar-refractivity contribution in [1.82, 2.24) is 14.5 Å². The number of allylic oxidation sites excluding steroid dienone is 2. The summed E-state index contributed by atoms with van der Waals surface area (Å²) in [7, 11) is -3.89. The lowest BCUT2D eigenvalue weighted by atomic mass is 9.76. The van der Waals surface area contributed by atoms with E-state index in [0.29, 0.717) is 54.4 Å². The summed E-state index contributed by atoms with van der Waals surface area (Å²) in [5.41, 5.74) is -1.29. The Morgan fingerprint density at radius 2 is 1.78 bits per heavy atom. The number of rotatable bonds is 6. The van der Waals surface area contributed by atoms with E-state index in [4.69, 9.17) is 4.74 Å². The fourth-order valence-electron chi connectivity index (χ4n) is 8.72. The van der Waals surface area contributed by atoms with Gasteiger partial charge in [-0.25, -0.2) is 17.6 Å². The fraction of sp³-hybridized carbons (Fsp3) is 0.600. The van der Waals surface area contributed by atoms with Crippen molar-refractivity contribution in [3.63, 3.8) is 0 Å². The molecular weight excluding hydrogens is 718 g/mol. The number of nitrogens with one attached hydrogen (secondary N) is 1. The Balaban J connectivity index is 1.17. The van der Waals surface area contributed by atoms with E-state index in [1.54, 1.807) is 12.1 Å². The normalized spacial score (nSPS) is 28.4. The largest absolute Gasteiger partial charge is 0.444 e. The van der Waals surface area contributed by atoms with Gasteiger partial charge in [0.05, 0.1) is 29.8 Å². The van der Waals surface area contributed by atoms with Crippen LogP contribution in [0.15, 0.2) is 39.9 Å². The van der Waals surface area contributed by atoms with Crippen molar-refractivity contribution in [2.24, 2.45) is 17.3 Å². The molecule has 0 radical (unpaired) electrons. The second kappa shape index (κ2) is 14.1. The molecule has 5 atom stereocenters. The standard InChI is InChI=1S/C40H48FN3O9S/c1-39(2,3)33-28(34(46)35(33)47)16-23-10-7-5-4-6-8-12-25-18-40(25,37(49)42-54(51,52)27-14-15-27)19-32(45)31-17-26(21-44(31)36(23)48)53-38(50)43-20-24-11-9-13-30(41)29(24)22-43/h8-9,11-13,23,25-27,31H,4-7,10,14-22H2,1-3H3,(H,42,49)/b12-8-/t23-,25-,26-,31+,40-/m1/s1. The Bertz CT molecular complexity index is 2090. The number of Topliss-reactive ketones (excluding diaryl/α,β-unsaturated/α-hetero) is 1.